The Labute approximate surface area is 171 Å². The lowest BCUT2D eigenvalue weighted by Gasteiger charge is -2.08. The van der Waals surface area contributed by atoms with E-state index in [0.29, 0.717) is 17.9 Å². The van der Waals surface area contributed by atoms with E-state index in [0.717, 1.165) is 5.56 Å². The van der Waals surface area contributed by atoms with Gasteiger partial charge in [0, 0.05) is 6.54 Å². The Balaban J connectivity index is 1.44. The van der Waals surface area contributed by atoms with Crippen LogP contribution < -0.4 is 19.9 Å². The Morgan fingerprint density at radius 3 is 2.59 bits per heavy atom. The first-order chi connectivity index (χ1) is 13.7. The van der Waals surface area contributed by atoms with Crippen molar-refractivity contribution in [1.29, 1.82) is 0 Å². The fourth-order valence-corrected chi connectivity index (χ4v) is 3.32. The minimum absolute atomic E-state index is 0.0146. The number of amides is 1. The number of fused-ring (bicyclic) bond motifs is 1. The van der Waals surface area contributed by atoms with Crippen molar-refractivity contribution in [2.45, 2.75) is 11.3 Å². The summed E-state index contributed by atoms with van der Waals surface area (Å²) in [6.45, 7) is -0.170. The van der Waals surface area contributed by atoms with Crippen molar-refractivity contribution >= 4 is 33.5 Å². The number of hydrogen-bond acceptors (Lipinski definition) is 7. The monoisotopic (exact) mass is 440 g/mol. The molecule has 9 nitrogen and oxygen atoms in total. The summed E-state index contributed by atoms with van der Waals surface area (Å²) in [7, 11) is -3.74. The molecule has 0 saturated carbocycles. The van der Waals surface area contributed by atoms with Gasteiger partial charge in [-0.3, -0.25) is 4.79 Å². The number of hydrogen-bond donors (Lipinski definition) is 2. The molecule has 1 aliphatic heterocycles. The van der Waals surface area contributed by atoms with Crippen molar-refractivity contribution in [1.82, 2.24) is 5.32 Å². The smallest absolute Gasteiger partial charge is 0.338 e. The van der Waals surface area contributed by atoms with Crippen molar-refractivity contribution in [2.75, 3.05) is 19.9 Å². The molecule has 1 amide bonds. The molecule has 2 aromatic carbocycles. The van der Waals surface area contributed by atoms with Crippen LogP contribution in [0.15, 0.2) is 41.3 Å². The summed E-state index contributed by atoms with van der Waals surface area (Å²) in [5, 5.41) is 7.85. The lowest BCUT2D eigenvalue weighted by Crippen LogP contribution is -2.30. The summed E-state index contributed by atoms with van der Waals surface area (Å²) >= 11 is 6.01. The summed E-state index contributed by atoms with van der Waals surface area (Å²) in [5.74, 6) is -0.509. The van der Waals surface area contributed by atoms with Crippen molar-refractivity contribution < 1.29 is 32.2 Å². The number of carbonyl (C=O) groups is 2. The van der Waals surface area contributed by atoms with E-state index in [9.17, 15) is 18.0 Å². The largest absolute Gasteiger partial charge is 0.454 e. The van der Waals surface area contributed by atoms with E-state index in [2.05, 4.69) is 5.32 Å². The summed E-state index contributed by atoms with van der Waals surface area (Å²) in [6.07, 6.45) is 0.461. The predicted molar refractivity (Wildman–Crippen MR) is 102 cm³/mol. The molecule has 1 aliphatic rings. The maximum absolute atomic E-state index is 12.1. The van der Waals surface area contributed by atoms with E-state index in [1.165, 1.54) is 24.3 Å². The van der Waals surface area contributed by atoms with Crippen LogP contribution in [-0.2, 0) is 26.0 Å². The van der Waals surface area contributed by atoms with Gasteiger partial charge >= 0.3 is 5.97 Å². The lowest BCUT2D eigenvalue weighted by molar-refractivity contribution is -0.124. The fraction of sp³-hybridized carbons (Fsp3) is 0.222. The molecule has 0 atom stereocenters. The number of carbonyl (C=O) groups excluding carboxylic acids is 2. The second kappa shape index (κ2) is 8.68. The molecule has 2 aromatic rings. The normalized spacial score (nSPS) is 12.5. The third-order valence-corrected chi connectivity index (χ3v) is 5.19. The molecular weight excluding hydrogens is 424 g/mol. The molecule has 29 heavy (non-hydrogen) atoms. The van der Waals surface area contributed by atoms with E-state index < -0.39 is 28.5 Å². The molecule has 11 heteroatoms. The molecule has 0 spiro atoms. The average molecular weight is 441 g/mol. The van der Waals surface area contributed by atoms with Crippen LogP contribution in [0.3, 0.4) is 0 Å². The molecule has 0 fully saturated rings. The molecular formula is C18H17ClN2O7S. The van der Waals surface area contributed by atoms with Gasteiger partial charge in [-0.1, -0.05) is 23.7 Å². The van der Waals surface area contributed by atoms with Gasteiger partial charge in [-0.25, -0.2) is 18.4 Å². The number of sulfonamides is 1. The highest BCUT2D eigenvalue weighted by molar-refractivity contribution is 7.89. The highest BCUT2D eigenvalue weighted by Gasteiger charge is 2.21. The van der Waals surface area contributed by atoms with Crippen LogP contribution in [0.5, 0.6) is 11.5 Å². The van der Waals surface area contributed by atoms with Crippen LogP contribution in [0.1, 0.15) is 15.9 Å². The minimum Gasteiger partial charge on any atom is -0.454 e. The molecule has 0 aliphatic carbocycles. The zero-order valence-corrected chi connectivity index (χ0v) is 16.6. The summed E-state index contributed by atoms with van der Waals surface area (Å²) < 4.78 is 37.7. The quantitative estimate of drug-likeness (QED) is 0.618. The predicted octanol–water partition coefficient (Wildman–Crippen LogP) is 1.23. The molecule has 0 radical (unpaired) electrons. The molecule has 0 aromatic heterocycles. The molecule has 3 N–H and O–H groups in total. The van der Waals surface area contributed by atoms with Gasteiger partial charge in [0.1, 0.15) is 0 Å². The van der Waals surface area contributed by atoms with Crippen LogP contribution in [0, 0.1) is 0 Å². The van der Waals surface area contributed by atoms with E-state index >= 15 is 0 Å². The first-order valence-corrected chi connectivity index (χ1v) is 10.3. The number of primary sulfonamides is 1. The Hall–Kier alpha value is -2.82. The Bertz CT molecular complexity index is 1040. The first-order valence-electron chi connectivity index (χ1n) is 8.39. The van der Waals surface area contributed by atoms with Crippen LogP contribution in [0.4, 0.5) is 0 Å². The van der Waals surface area contributed by atoms with Crippen LogP contribution >= 0.6 is 11.6 Å². The van der Waals surface area contributed by atoms with Gasteiger partial charge in [0.2, 0.25) is 16.8 Å². The number of esters is 1. The number of rotatable bonds is 7. The number of nitrogens with one attached hydrogen (secondary N) is 1. The van der Waals surface area contributed by atoms with E-state index in [1.54, 1.807) is 12.1 Å². The topological polar surface area (TPSA) is 134 Å². The maximum Gasteiger partial charge on any atom is 0.338 e. The van der Waals surface area contributed by atoms with E-state index in [1.807, 2.05) is 0 Å². The molecule has 0 bridgehead atoms. The highest BCUT2D eigenvalue weighted by Crippen LogP contribution is 2.39. The van der Waals surface area contributed by atoms with E-state index in [4.69, 9.17) is 31.0 Å². The van der Waals surface area contributed by atoms with Gasteiger partial charge in [0.05, 0.1) is 15.5 Å². The van der Waals surface area contributed by atoms with Gasteiger partial charge in [-0.15, -0.1) is 0 Å². The standard InChI is InChI=1S/C18H17ClN2O7S/c19-14-7-12(8-15-17(14)28-10-27-15)18(23)26-9-16(22)21-6-5-11-1-3-13(4-2-11)29(20,24)25/h1-4,7-8H,5-6,9-10H2,(H,21,22)(H2,20,24,25). The van der Waals surface area contributed by atoms with Gasteiger partial charge in [-0.05, 0) is 36.2 Å². The third kappa shape index (κ3) is 5.37. The number of benzene rings is 2. The maximum atomic E-state index is 12.1. The average Bonchev–Trinajstić information content (AvgIpc) is 3.15. The summed E-state index contributed by atoms with van der Waals surface area (Å²) in [4.78, 5) is 24.0. The number of ether oxygens (including phenoxy) is 3. The molecule has 1 heterocycles. The Kier molecular flexibility index (Phi) is 6.26. The van der Waals surface area contributed by atoms with Crippen molar-refractivity contribution in [3.63, 3.8) is 0 Å². The van der Waals surface area contributed by atoms with E-state index in [-0.39, 0.29) is 28.8 Å². The zero-order valence-electron chi connectivity index (χ0n) is 15.0. The number of halogens is 1. The fourth-order valence-electron chi connectivity index (χ4n) is 2.54. The van der Waals surface area contributed by atoms with Crippen LogP contribution in [-0.4, -0.2) is 40.2 Å². The number of nitrogens with two attached hydrogens (primary N) is 1. The third-order valence-electron chi connectivity index (χ3n) is 3.99. The molecule has 154 valence electrons. The second-order valence-electron chi connectivity index (χ2n) is 6.06. The zero-order chi connectivity index (χ0) is 21.0. The molecule has 0 saturated heterocycles. The van der Waals surface area contributed by atoms with Crippen LogP contribution in [0.25, 0.3) is 0 Å². The van der Waals surface area contributed by atoms with Gasteiger partial charge in [0.15, 0.2) is 18.1 Å². The summed E-state index contributed by atoms with van der Waals surface area (Å²) in [5.41, 5.74) is 0.951. The highest BCUT2D eigenvalue weighted by atomic mass is 35.5. The van der Waals surface area contributed by atoms with Crippen molar-refractivity contribution in [2.24, 2.45) is 5.14 Å². The lowest BCUT2D eigenvalue weighted by atomic mass is 10.1. The van der Waals surface area contributed by atoms with Crippen molar-refractivity contribution in [3.05, 3.63) is 52.5 Å². The Morgan fingerprint density at radius 2 is 1.90 bits per heavy atom. The molecule has 0 unspecified atom stereocenters. The minimum atomic E-state index is -3.74. The van der Waals surface area contributed by atoms with Crippen molar-refractivity contribution in [3.8, 4) is 11.5 Å². The van der Waals surface area contributed by atoms with Crippen LogP contribution in [0.2, 0.25) is 5.02 Å². The first kappa shape index (κ1) is 20.9. The van der Waals surface area contributed by atoms with Gasteiger partial charge in [0.25, 0.3) is 5.91 Å². The Morgan fingerprint density at radius 1 is 1.17 bits per heavy atom. The van der Waals surface area contributed by atoms with Gasteiger partial charge < -0.3 is 19.5 Å². The summed E-state index contributed by atoms with van der Waals surface area (Å²) in [6, 6.07) is 8.81. The molecule has 3 rings (SSSR count). The second-order valence-corrected chi connectivity index (χ2v) is 8.03. The SMILES string of the molecule is NS(=O)(=O)c1ccc(CCNC(=O)COC(=O)c2cc(Cl)c3c(c2)OCO3)cc1. The van der Waals surface area contributed by atoms with Gasteiger partial charge in [-0.2, -0.15) is 0 Å².